The van der Waals surface area contributed by atoms with Crippen LogP contribution in [0.4, 0.5) is 15.9 Å². The maximum Gasteiger partial charge on any atom is 0.307 e. The number of anilines is 2. The van der Waals surface area contributed by atoms with Crippen LogP contribution >= 0.6 is 0 Å². The molecule has 0 aliphatic carbocycles. The van der Waals surface area contributed by atoms with Crippen molar-refractivity contribution in [3.05, 3.63) is 77.1 Å². The maximum absolute atomic E-state index is 13.9. The van der Waals surface area contributed by atoms with E-state index in [9.17, 15) is 22.7 Å². The van der Waals surface area contributed by atoms with Crippen molar-refractivity contribution in [2.45, 2.75) is 32.1 Å². The van der Waals surface area contributed by atoms with Crippen LogP contribution in [-0.4, -0.2) is 40.5 Å². The van der Waals surface area contributed by atoms with Crippen LogP contribution in [0.25, 0.3) is 10.9 Å². The van der Waals surface area contributed by atoms with Gasteiger partial charge < -0.3 is 10.0 Å². The van der Waals surface area contributed by atoms with E-state index in [2.05, 4.69) is 9.97 Å². The number of carboxylic acid groups (broad SMARTS) is 1. The van der Waals surface area contributed by atoms with Gasteiger partial charge in [0.1, 0.15) is 17.5 Å². The molecule has 0 bridgehead atoms. The largest absolute Gasteiger partial charge is 0.481 e. The molecule has 8 nitrogen and oxygen atoms in total. The van der Waals surface area contributed by atoms with Gasteiger partial charge in [-0.05, 0) is 68.8 Å². The second-order valence-electron chi connectivity index (χ2n) is 8.03. The molecule has 10 heteroatoms. The monoisotopic (exact) mass is 482 g/mol. The topological polar surface area (TPSA) is 105 Å². The second kappa shape index (κ2) is 8.53. The zero-order valence-corrected chi connectivity index (χ0v) is 19.9. The van der Waals surface area contributed by atoms with Crippen molar-refractivity contribution in [1.29, 1.82) is 0 Å². The molecule has 0 saturated heterocycles. The van der Waals surface area contributed by atoms with Crippen molar-refractivity contribution < 1.29 is 22.7 Å². The van der Waals surface area contributed by atoms with Gasteiger partial charge in [-0.3, -0.25) is 4.79 Å². The summed E-state index contributed by atoms with van der Waals surface area (Å²) in [7, 11) is -2.27. The molecule has 0 saturated carbocycles. The highest BCUT2D eigenvalue weighted by Gasteiger charge is 2.26. The fourth-order valence-electron chi connectivity index (χ4n) is 4.06. The van der Waals surface area contributed by atoms with Gasteiger partial charge in [0.15, 0.2) is 0 Å². The Kier molecular flexibility index (Phi) is 5.86. The zero-order chi connectivity index (χ0) is 24.8. The molecule has 0 aliphatic rings. The van der Waals surface area contributed by atoms with Crippen molar-refractivity contribution in [2.24, 2.45) is 0 Å². The van der Waals surface area contributed by atoms with E-state index in [-0.39, 0.29) is 27.1 Å². The number of hydrogen-bond donors (Lipinski definition) is 1. The quantitative estimate of drug-likeness (QED) is 0.441. The lowest BCUT2D eigenvalue weighted by Crippen LogP contribution is -2.16. The third-order valence-electron chi connectivity index (χ3n) is 5.63. The standard InChI is InChI=1S/C24H23FN4O4S/c1-14-11-23(27-16(3)26-14)28(4)18-6-8-19(9-7-18)34(32,33)29-15(2)20(13-24(30)31)21-12-17(25)5-10-22(21)29/h5-12H,13H2,1-4H3,(H,30,31). The number of hydrogen-bond acceptors (Lipinski definition) is 6. The summed E-state index contributed by atoms with van der Waals surface area (Å²) in [6.45, 7) is 5.19. The average Bonchev–Trinajstić information content (AvgIpc) is 3.03. The third-order valence-corrected chi connectivity index (χ3v) is 7.45. The van der Waals surface area contributed by atoms with E-state index in [0.29, 0.717) is 11.6 Å². The minimum atomic E-state index is -4.09. The zero-order valence-electron chi connectivity index (χ0n) is 19.1. The first kappa shape index (κ1) is 23.4. The van der Waals surface area contributed by atoms with E-state index in [1.165, 1.54) is 25.1 Å². The first-order chi connectivity index (χ1) is 16.0. The Morgan fingerprint density at radius 3 is 2.35 bits per heavy atom. The maximum atomic E-state index is 13.9. The molecule has 4 rings (SSSR count). The van der Waals surface area contributed by atoms with E-state index < -0.39 is 28.2 Å². The summed E-state index contributed by atoms with van der Waals surface area (Å²) in [6, 6.07) is 11.8. The molecule has 0 fully saturated rings. The minimum Gasteiger partial charge on any atom is -0.481 e. The van der Waals surface area contributed by atoms with E-state index in [0.717, 1.165) is 27.5 Å². The molecular formula is C24H23FN4O4S. The number of fused-ring (bicyclic) bond motifs is 1. The van der Waals surface area contributed by atoms with Gasteiger partial charge in [0.05, 0.1) is 16.8 Å². The van der Waals surface area contributed by atoms with Crippen molar-refractivity contribution in [3.63, 3.8) is 0 Å². The number of carboxylic acids is 1. The summed E-state index contributed by atoms with van der Waals surface area (Å²) in [5.41, 5.74) is 2.26. The Morgan fingerprint density at radius 1 is 1.06 bits per heavy atom. The molecule has 4 aromatic rings. The normalized spacial score (nSPS) is 11.7. The van der Waals surface area contributed by atoms with Crippen LogP contribution in [0.5, 0.6) is 0 Å². The fourth-order valence-corrected chi connectivity index (χ4v) is 5.64. The Labute approximate surface area is 196 Å². The van der Waals surface area contributed by atoms with Gasteiger partial charge in [0.2, 0.25) is 0 Å². The number of rotatable bonds is 6. The predicted octanol–water partition coefficient (Wildman–Crippen LogP) is 4.13. The summed E-state index contributed by atoms with van der Waals surface area (Å²) < 4.78 is 42.1. The Bertz CT molecular complexity index is 1510. The van der Waals surface area contributed by atoms with Crippen LogP contribution in [0.3, 0.4) is 0 Å². The molecule has 2 heterocycles. The first-order valence-corrected chi connectivity index (χ1v) is 11.9. The van der Waals surface area contributed by atoms with E-state index in [4.69, 9.17) is 0 Å². The summed E-state index contributed by atoms with van der Waals surface area (Å²) >= 11 is 0. The molecule has 0 radical (unpaired) electrons. The van der Waals surface area contributed by atoms with Crippen LogP contribution < -0.4 is 4.90 Å². The molecule has 0 amide bonds. The lowest BCUT2D eigenvalue weighted by molar-refractivity contribution is -0.136. The van der Waals surface area contributed by atoms with Gasteiger partial charge in [0.25, 0.3) is 10.0 Å². The molecule has 0 aliphatic heterocycles. The van der Waals surface area contributed by atoms with E-state index >= 15 is 0 Å². The van der Waals surface area contributed by atoms with Crippen LogP contribution in [-0.2, 0) is 21.2 Å². The molecular weight excluding hydrogens is 459 g/mol. The summed E-state index contributed by atoms with van der Waals surface area (Å²) in [6.07, 6.45) is -0.421. The number of benzene rings is 2. The number of carbonyl (C=O) groups is 1. The van der Waals surface area contributed by atoms with Gasteiger partial charge in [-0.15, -0.1) is 0 Å². The molecule has 2 aromatic heterocycles. The van der Waals surface area contributed by atoms with E-state index in [1.54, 1.807) is 19.1 Å². The van der Waals surface area contributed by atoms with Crippen LogP contribution in [0.2, 0.25) is 0 Å². The second-order valence-corrected chi connectivity index (χ2v) is 9.82. The molecule has 34 heavy (non-hydrogen) atoms. The van der Waals surface area contributed by atoms with Crippen molar-refractivity contribution in [3.8, 4) is 0 Å². The van der Waals surface area contributed by atoms with Gasteiger partial charge in [0, 0.05) is 35.6 Å². The van der Waals surface area contributed by atoms with Crippen LogP contribution in [0.15, 0.2) is 53.4 Å². The Hall–Kier alpha value is -3.79. The van der Waals surface area contributed by atoms with Gasteiger partial charge in [-0.2, -0.15) is 0 Å². The number of nitrogens with zero attached hydrogens (tertiary/aromatic N) is 4. The van der Waals surface area contributed by atoms with Gasteiger partial charge >= 0.3 is 5.97 Å². The lowest BCUT2D eigenvalue weighted by Gasteiger charge is -2.19. The SMILES string of the molecule is Cc1cc(N(C)c2ccc(S(=O)(=O)n3c(C)c(CC(=O)O)c4cc(F)ccc43)cc2)nc(C)n1. The first-order valence-electron chi connectivity index (χ1n) is 10.4. The van der Waals surface area contributed by atoms with Crippen LogP contribution in [0, 0.1) is 26.6 Å². The summed E-state index contributed by atoms with van der Waals surface area (Å²) in [4.78, 5) is 21.9. The molecule has 0 unspecified atom stereocenters. The van der Waals surface area contributed by atoms with Crippen molar-refractivity contribution >= 4 is 38.4 Å². The summed E-state index contributed by atoms with van der Waals surface area (Å²) in [5, 5.41) is 9.55. The summed E-state index contributed by atoms with van der Waals surface area (Å²) in [5.74, 6) is -0.402. The number of halogens is 1. The fraction of sp³-hybridized carbons (Fsp3) is 0.208. The smallest absolute Gasteiger partial charge is 0.307 e. The number of aromatic nitrogens is 3. The minimum absolute atomic E-state index is 0.0194. The Balaban J connectivity index is 1.78. The highest BCUT2D eigenvalue weighted by Crippen LogP contribution is 2.32. The van der Waals surface area contributed by atoms with Gasteiger partial charge in [-0.25, -0.2) is 26.7 Å². The van der Waals surface area contributed by atoms with Crippen molar-refractivity contribution in [1.82, 2.24) is 13.9 Å². The molecule has 2 aromatic carbocycles. The number of aliphatic carboxylic acids is 1. The predicted molar refractivity (Wildman–Crippen MR) is 127 cm³/mol. The Morgan fingerprint density at radius 2 is 1.74 bits per heavy atom. The van der Waals surface area contributed by atoms with Crippen molar-refractivity contribution in [2.75, 3.05) is 11.9 Å². The number of aryl methyl sites for hydroxylation is 2. The van der Waals surface area contributed by atoms with Gasteiger partial charge in [-0.1, -0.05) is 0 Å². The highest BCUT2D eigenvalue weighted by molar-refractivity contribution is 7.90. The molecule has 176 valence electrons. The van der Waals surface area contributed by atoms with E-state index in [1.807, 2.05) is 24.9 Å². The lowest BCUT2D eigenvalue weighted by atomic mass is 10.1. The highest BCUT2D eigenvalue weighted by atomic mass is 32.2. The molecule has 0 atom stereocenters. The molecule has 0 spiro atoms. The van der Waals surface area contributed by atoms with Crippen LogP contribution in [0.1, 0.15) is 22.8 Å². The average molecular weight is 483 g/mol. The molecule has 1 N–H and O–H groups in total. The third kappa shape index (κ3) is 4.12.